The van der Waals surface area contributed by atoms with E-state index in [1.165, 1.54) is 16.2 Å². The maximum atomic E-state index is 11.9. The highest BCUT2D eigenvalue weighted by Gasteiger charge is 2.14. The molecule has 1 amide bonds. The van der Waals surface area contributed by atoms with Crippen LogP contribution in [0.1, 0.15) is 21.1 Å². The monoisotopic (exact) mass is 305 g/mol. The van der Waals surface area contributed by atoms with E-state index in [1.54, 1.807) is 24.3 Å². The molecule has 102 valence electrons. The summed E-state index contributed by atoms with van der Waals surface area (Å²) in [5.41, 5.74) is 1.54. The first-order valence-corrected chi connectivity index (χ1v) is 7.58. The van der Waals surface area contributed by atoms with Crippen molar-refractivity contribution in [2.45, 2.75) is 13.8 Å². The Kier molecular flexibility index (Phi) is 3.37. The van der Waals surface area contributed by atoms with E-state index >= 15 is 0 Å². The van der Waals surface area contributed by atoms with Crippen LogP contribution < -0.4 is 5.32 Å². The minimum atomic E-state index is -0.339. The van der Waals surface area contributed by atoms with Crippen LogP contribution in [0.4, 0.5) is 5.13 Å². The van der Waals surface area contributed by atoms with Gasteiger partial charge in [0.05, 0.1) is 16.3 Å². The summed E-state index contributed by atoms with van der Waals surface area (Å²) in [7, 11) is 0. The number of anilines is 1. The van der Waals surface area contributed by atoms with Crippen molar-refractivity contribution < 1.29 is 9.32 Å². The number of amides is 1. The standard InChI is InChI=1S/C13H11N3O2S2/c1-7-5-10(18-16-7)12(17)15-13-14-9(6-19-13)11-4-3-8(2)20-11/h3-6H,1-2H3,(H,14,15,17). The van der Waals surface area contributed by atoms with Gasteiger partial charge in [0.2, 0.25) is 5.76 Å². The Hall–Kier alpha value is -1.99. The first-order chi connectivity index (χ1) is 9.61. The second-order valence-electron chi connectivity index (χ2n) is 4.23. The highest BCUT2D eigenvalue weighted by Crippen LogP contribution is 2.30. The van der Waals surface area contributed by atoms with Gasteiger partial charge in [0.25, 0.3) is 5.91 Å². The third-order valence-corrected chi connectivity index (χ3v) is 4.35. The first kappa shape index (κ1) is 13.0. The molecule has 0 spiro atoms. The molecule has 0 aliphatic carbocycles. The Morgan fingerprint density at radius 3 is 2.85 bits per heavy atom. The van der Waals surface area contributed by atoms with Crippen LogP contribution in [0, 0.1) is 13.8 Å². The van der Waals surface area contributed by atoms with E-state index < -0.39 is 0 Å². The second-order valence-corrected chi connectivity index (χ2v) is 6.38. The Labute approximate surface area is 123 Å². The highest BCUT2D eigenvalue weighted by atomic mass is 32.1. The van der Waals surface area contributed by atoms with Crippen LogP contribution >= 0.6 is 22.7 Å². The molecule has 3 aromatic heterocycles. The fraction of sp³-hybridized carbons (Fsp3) is 0.154. The van der Waals surface area contributed by atoms with Crippen molar-refractivity contribution >= 4 is 33.7 Å². The van der Waals surface area contributed by atoms with Crippen molar-refractivity contribution in [2.75, 3.05) is 5.32 Å². The van der Waals surface area contributed by atoms with Gasteiger partial charge in [-0.25, -0.2) is 4.98 Å². The van der Waals surface area contributed by atoms with Gasteiger partial charge in [-0.2, -0.15) is 0 Å². The topological polar surface area (TPSA) is 68.0 Å². The largest absolute Gasteiger partial charge is 0.351 e. The van der Waals surface area contributed by atoms with Crippen LogP contribution in [-0.4, -0.2) is 16.0 Å². The van der Waals surface area contributed by atoms with Crippen molar-refractivity contribution in [3.8, 4) is 10.6 Å². The Bertz CT molecular complexity index is 757. The molecule has 1 N–H and O–H groups in total. The van der Waals surface area contributed by atoms with E-state index in [4.69, 9.17) is 4.52 Å². The number of thiophene rings is 1. The summed E-state index contributed by atoms with van der Waals surface area (Å²) >= 11 is 3.06. The van der Waals surface area contributed by atoms with Crippen molar-refractivity contribution in [2.24, 2.45) is 0 Å². The van der Waals surface area contributed by atoms with E-state index in [2.05, 4.69) is 28.4 Å². The number of nitrogens with one attached hydrogen (secondary N) is 1. The Morgan fingerprint density at radius 1 is 1.35 bits per heavy atom. The molecule has 3 aromatic rings. The minimum Gasteiger partial charge on any atom is -0.351 e. The number of carbonyl (C=O) groups excluding carboxylic acids is 1. The minimum absolute atomic E-state index is 0.186. The number of carbonyl (C=O) groups is 1. The lowest BCUT2D eigenvalue weighted by Crippen LogP contribution is -2.10. The summed E-state index contributed by atoms with van der Waals surface area (Å²) in [5.74, 6) is -0.153. The third-order valence-electron chi connectivity index (χ3n) is 2.57. The van der Waals surface area contributed by atoms with Gasteiger partial charge in [0, 0.05) is 16.3 Å². The van der Waals surface area contributed by atoms with Gasteiger partial charge < -0.3 is 4.52 Å². The fourth-order valence-corrected chi connectivity index (χ4v) is 3.25. The van der Waals surface area contributed by atoms with E-state index in [0.717, 1.165) is 10.6 Å². The maximum Gasteiger partial charge on any atom is 0.296 e. The molecule has 0 saturated carbocycles. The molecule has 0 saturated heterocycles. The van der Waals surface area contributed by atoms with Crippen molar-refractivity contribution in [3.63, 3.8) is 0 Å². The van der Waals surface area contributed by atoms with Crippen LogP contribution in [0.3, 0.4) is 0 Å². The van der Waals surface area contributed by atoms with Crippen molar-refractivity contribution in [1.82, 2.24) is 10.1 Å². The van der Waals surface area contributed by atoms with Gasteiger partial charge in [0.1, 0.15) is 0 Å². The molecule has 3 heterocycles. The third kappa shape index (κ3) is 2.63. The lowest BCUT2D eigenvalue weighted by Gasteiger charge is -1.96. The number of aryl methyl sites for hydroxylation is 2. The van der Waals surface area contributed by atoms with Gasteiger partial charge >= 0.3 is 0 Å². The summed E-state index contributed by atoms with van der Waals surface area (Å²) in [6.45, 7) is 3.82. The number of aromatic nitrogens is 2. The first-order valence-electron chi connectivity index (χ1n) is 5.89. The molecular weight excluding hydrogens is 294 g/mol. The zero-order valence-electron chi connectivity index (χ0n) is 10.8. The van der Waals surface area contributed by atoms with Crippen molar-refractivity contribution in [3.05, 3.63) is 39.9 Å². The number of nitrogens with zero attached hydrogens (tertiary/aromatic N) is 2. The smallest absolute Gasteiger partial charge is 0.296 e. The molecule has 0 aliphatic rings. The predicted octanol–water partition coefficient (Wildman–Crippen LogP) is 3.73. The molecule has 3 rings (SSSR count). The van der Waals surface area contributed by atoms with Gasteiger partial charge in [0.15, 0.2) is 5.13 Å². The Balaban J connectivity index is 1.76. The molecular formula is C13H11N3O2S2. The molecule has 0 fully saturated rings. The summed E-state index contributed by atoms with van der Waals surface area (Å²) in [6, 6.07) is 5.67. The number of hydrogen-bond donors (Lipinski definition) is 1. The SMILES string of the molecule is Cc1cc(C(=O)Nc2nc(-c3ccc(C)s3)cs2)on1. The van der Waals surface area contributed by atoms with E-state index in [-0.39, 0.29) is 11.7 Å². The van der Waals surface area contributed by atoms with E-state index in [9.17, 15) is 4.79 Å². The number of hydrogen-bond acceptors (Lipinski definition) is 6. The molecule has 0 unspecified atom stereocenters. The molecule has 0 radical (unpaired) electrons. The highest BCUT2D eigenvalue weighted by molar-refractivity contribution is 7.17. The quantitative estimate of drug-likeness (QED) is 0.800. The van der Waals surface area contributed by atoms with Crippen molar-refractivity contribution in [1.29, 1.82) is 0 Å². The normalized spacial score (nSPS) is 10.7. The van der Waals surface area contributed by atoms with Crippen LogP contribution in [-0.2, 0) is 0 Å². The second kappa shape index (κ2) is 5.18. The Morgan fingerprint density at radius 2 is 2.20 bits per heavy atom. The summed E-state index contributed by atoms with van der Waals surface area (Å²) < 4.78 is 4.91. The van der Waals surface area contributed by atoms with Gasteiger partial charge in [-0.1, -0.05) is 5.16 Å². The zero-order valence-corrected chi connectivity index (χ0v) is 12.5. The molecule has 0 bridgehead atoms. The number of rotatable bonds is 3. The molecule has 5 nitrogen and oxygen atoms in total. The average molecular weight is 305 g/mol. The van der Waals surface area contributed by atoms with E-state index in [0.29, 0.717) is 10.8 Å². The molecule has 0 atom stereocenters. The van der Waals surface area contributed by atoms with Crippen LogP contribution in [0.25, 0.3) is 10.6 Å². The molecule has 20 heavy (non-hydrogen) atoms. The van der Waals surface area contributed by atoms with Gasteiger partial charge in [-0.15, -0.1) is 22.7 Å². The zero-order chi connectivity index (χ0) is 14.1. The molecule has 0 aliphatic heterocycles. The molecule has 0 aromatic carbocycles. The van der Waals surface area contributed by atoms with Gasteiger partial charge in [-0.3, -0.25) is 10.1 Å². The van der Waals surface area contributed by atoms with Crippen LogP contribution in [0.15, 0.2) is 28.1 Å². The lowest BCUT2D eigenvalue weighted by atomic mass is 10.4. The summed E-state index contributed by atoms with van der Waals surface area (Å²) in [5, 5.41) is 8.86. The number of thiazole rings is 1. The van der Waals surface area contributed by atoms with E-state index in [1.807, 2.05) is 11.4 Å². The maximum absolute atomic E-state index is 11.9. The van der Waals surface area contributed by atoms with Crippen LogP contribution in [0.2, 0.25) is 0 Å². The van der Waals surface area contributed by atoms with Crippen LogP contribution in [0.5, 0.6) is 0 Å². The summed E-state index contributed by atoms with van der Waals surface area (Å²) in [6.07, 6.45) is 0. The fourth-order valence-electron chi connectivity index (χ4n) is 1.65. The van der Waals surface area contributed by atoms with Gasteiger partial charge in [-0.05, 0) is 26.0 Å². The average Bonchev–Trinajstić information content (AvgIpc) is 3.10. The predicted molar refractivity (Wildman–Crippen MR) is 79.4 cm³/mol. The molecule has 7 heteroatoms. The lowest BCUT2D eigenvalue weighted by molar-refractivity contribution is 0.0988. The summed E-state index contributed by atoms with van der Waals surface area (Å²) in [4.78, 5) is 18.6.